The maximum absolute atomic E-state index is 13.2. The van der Waals surface area contributed by atoms with Crippen molar-refractivity contribution in [1.82, 2.24) is 5.32 Å². The molecular formula is C39H59NO13S2. The number of epoxide rings is 2. The zero-order valence-corrected chi connectivity index (χ0v) is 34.1. The van der Waals surface area contributed by atoms with Gasteiger partial charge in [0.25, 0.3) is 0 Å². The van der Waals surface area contributed by atoms with Crippen molar-refractivity contribution in [2.24, 2.45) is 23.2 Å². The lowest BCUT2D eigenvalue weighted by molar-refractivity contribution is -0.145. The molecule has 4 heterocycles. The van der Waals surface area contributed by atoms with Crippen LogP contribution >= 0.6 is 21.6 Å². The average Bonchev–Trinajstić information content (AvgIpc) is 3.98. The standard InChI is InChI=1S/C39H59NO13S2/c1-24(2)31-32(42)34-39(53-34)37(3)10-8-26-27(23-50-35(26)43)28(37)22-29-38(39,52-29)33(31)51-36(44)40-11-12-45-13-14-46-15-16-47-17-18-48-19-20-49-30(41)7-5-4-6-25-9-21-54-55-25/h24-25,28-29,31-34,42H,4-23H2,1-3H3,(H,40,44). The molecule has 4 aliphatic heterocycles. The third-order valence-corrected chi connectivity index (χ3v) is 15.9. The number of alkyl carbamates (subject to hydrolysis) is 1. The molecule has 5 fully saturated rings. The summed E-state index contributed by atoms with van der Waals surface area (Å²) >= 11 is 0. The summed E-state index contributed by atoms with van der Waals surface area (Å²) in [4.78, 5) is 37.5. The van der Waals surface area contributed by atoms with Crippen LogP contribution in [0.15, 0.2) is 11.1 Å². The second-order valence-corrected chi connectivity index (χ2v) is 19.1. The lowest BCUT2D eigenvalue weighted by Crippen LogP contribution is -2.70. The average molecular weight is 814 g/mol. The lowest BCUT2D eigenvalue weighted by atomic mass is 9.46. The second-order valence-electron chi connectivity index (χ2n) is 16.3. The van der Waals surface area contributed by atoms with Crippen LogP contribution in [-0.2, 0) is 52.2 Å². The first kappa shape index (κ1) is 41.5. The van der Waals surface area contributed by atoms with Crippen molar-refractivity contribution in [3.05, 3.63) is 11.1 Å². The van der Waals surface area contributed by atoms with Crippen LogP contribution in [0, 0.1) is 23.2 Å². The zero-order valence-electron chi connectivity index (χ0n) is 32.4. The van der Waals surface area contributed by atoms with Crippen LogP contribution in [0.3, 0.4) is 0 Å². The summed E-state index contributed by atoms with van der Waals surface area (Å²) < 4.78 is 52.2. The number of fused-ring (bicyclic) bond motifs is 2. The summed E-state index contributed by atoms with van der Waals surface area (Å²) in [6.07, 6.45) is 4.14. The first-order valence-electron chi connectivity index (χ1n) is 20.3. The maximum Gasteiger partial charge on any atom is 0.407 e. The molecule has 7 rings (SSSR count). The number of aliphatic hydroxyl groups excluding tert-OH is 1. The summed E-state index contributed by atoms with van der Waals surface area (Å²) in [5, 5.41) is 15.2. The fraction of sp³-hybridized carbons (Fsp3) is 0.872. The minimum absolute atomic E-state index is 0.00966. The topological polar surface area (TPSA) is 173 Å². The van der Waals surface area contributed by atoms with Crippen LogP contribution in [0.4, 0.5) is 4.79 Å². The molecular weight excluding hydrogens is 755 g/mol. The van der Waals surface area contributed by atoms with Crippen molar-refractivity contribution in [2.45, 2.75) is 113 Å². The smallest absolute Gasteiger partial charge is 0.407 e. The van der Waals surface area contributed by atoms with E-state index >= 15 is 0 Å². The highest BCUT2D eigenvalue weighted by atomic mass is 33.1. The minimum atomic E-state index is -0.844. The fourth-order valence-electron chi connectivity index (χ4n) is 10.1. The first-order chi connectivity index (χ1) is 26.6. The van der Waals surface area contributed by atoms with Gasteiger partial charge in [0.1, 0.15) is 31.0 Å². The third kappa shape index (κ3) is 8.32. The van der Waals surface area contributed by atoms with Gasteiger partial charge in [0.15, 0.2) is 5.60 Å². The molecule has 10 unspecified atom stereocenters. The Hall–Kier alpha value is -1.63. The van der Waals surface area contributed by atoms with Crippen LogP contribution in [0.25, 0.3) is 0 Å². The number of ether oxygens (including phenoxy) is 9. The van der Waals surface area contributed by atoms with Gasteiger partial charge in [-0.2, -0.15) is 0 Å². The summed E-state index contributed by atoms with van der Waals surface area (Å²) in [6.45, 7) is 10.1. The highest BCUT2D eigenvalue weighted by molar-refractivity contribution is 8.77. The molecule has 3 aliphatic carbocycles. The fourth-order valence-corrected chi connectivity index (χ4v) is 13.2. The Bertz CT molecular complexity index is 1410. The number of hydrogen-bond donors (Lipinski definition) is 2. The highest BCUT2D eigenvalue weighted by Crippen LogP contribution is 2.79. The van der Waals surface area contributed by atoms with E-state index in [1.807, 2.05) is 35.4 Å². The predicted octanol–water partition coefficient (Wildman–Crippen LogP) is 4.00. The number of unbranched alkanes of at least 4 members (excludes halogenated alkanes) is 1. The lowest BCUT2D eigenvalue weighted by Gasteiger charge is -2.55. The molecule has 0 radical (unpaired) electrons. The van der Waals surface area contributed by atoms with E-state index in [0.717, 1.165) is 29.2 Å². The van der Waals surface area contributed by atoms with Gasteiger partial charge in [-0.25, -0.2) is 9.59 Å². The maximum atomic E-state index is 13.2. The van der Waals surface area contributed by atoms with Crippen molar-refractivity contribution in [3.8, 4) is 0 Å². The van der Waals surface area contributed by atoms with E-state index in [1.165, 1.54) is 18.6 Å². The first-order valence-corrected chi connectivity index (χ1v) is 22.6. The van der Waals surface area contributed by atoms with E-state index in [0.29, 0.717) is 78.5 Å². The Kier molecular flexibility index (Phi) is 13.7. The summed E-state index contributed by atoms with van der Waals surface area (Å²) in [7, 11) is 3.92. The van der Waals surface area contributed by atoms with E-state index in [9.17, 15) is 19.5 Å². The molecule has 2 saturated carbocycles. The molecule has 55 heavy (non-hydrogen) atoms. The van der Waals surface area contributed by atoms with Crippen molar-refractivity contribution >= 4 is 39.6 Å². The SMILES string of the molecule is CC(C)C1C(O)C2OC23C2(C)CCC4=C(COC4=O)C2CC2OC23C1OC(=O)NCCOCCOCCOCCOCCOC(=O)CCCCC1CCSS1. The number of amides is 1. The van der Waals surface area contributed by atoms with Crippen molar-refractivity contribution in [3.63, 3.8) is 0 Å². The van der Waals surface area contributed by atoms with Gasteiger partial charge in [0, 0.05) is 40.9 Å². The zero-order chi connectivity index (χ0) is 38.6. The van der Waals surface area contributed by atoms with E-state index < -0.39 is 41.0 Å². The number of aliphatic hydroxyl groups is 1. The summed E-state index contributed by atoms with van der Waals surface area (Å²) in [5.41, 5.74) is -0.221. The second kappa shape index (κ2) is 18.1. The Morgan fingerprint density at radius 3 is 2.38 bits per heavy atom. The van der Waals surface area contributed by atoms with Gasteiger partial charge in [0.05, 0.1) is 65.1 Å². The monoisotopic (exact) mass is 813 g/mol. The summed E-state index contributed by atoms with van der Waals surface area (Å²) in [5.74, 6) is 0.543. The number of hydrogen-bond acceptors (Lipinski definition) is 15. The molecule has 0 aromatic heterocycles. The molecule has 0 bridgehead atoms. The Morgan fingerprint density at radius 1 is 0.982 bits per heavy atom. The Balaban J connectivity index is 0.731. The number of nitrogens with one attached hydrogen (secondary N) is 1. The van der Waals surface area contributed by atoms with Gasteiger partial charge in [-0.1, -0.05) is 48.8 Å². The number of carbonyl (C=O) groups excluding carboxylic acids is 3. The molecule has 0 aromatic carbocycles. The molecule has 2 N–H and O–H groups in total. The van der Waals surface area contributed by atoms with E-state index in [1.54, 1.807) is 0 Å². The van der Waals surface area contributed by atoms with Gasteiger partial charge in [-0.15, -0.1) is 0 Å². The van der Waals surface area contributed by atoms with Crippen molar-refractivity contribution in [2.75, 3.05) is 78.4 Å². The van der Waals surface area contributed by atoms with Crippen LogP contribution in [-0.4, -0.2) is 142 Å². The molecule has 14 nitrogen and oxygen atoms in total. The number of esters is 2. The molecule has 7 aliphatic rings. The largest absolute Gasteiger partial charge is 0.463 e. The van der Waals surface area contributed by atoms with Crippen LogP contribution in [0.2, 0.25) is 0 Å². The molecule has 2 spiro atoms. The molecule has 0 aromatic rings. The van der Waals surface area contributed by atoms with Crippen molar-refractivity contribution < 1.29 is 62.1 Å². The predicted molar refractivity (Wildman–Crippen MR) is 202 cm³/mol. The van der Waals surface area contributed by atoms with Gasteiger partial charge < -0.3 is 53.1 Å². The van der Waals surface area contributed by atoms with Crippen molar-refractivity contribution in [1.29, 1.82) is 0 Å². The molecule has 1 amide bonds. The van der Waals surface area contributed by atoms with Gasteiger partial charge in [-0.05, 0) is 55.9 Å². The molecule has 16 heteroatoms. The number of rotatable bonds is 22. The van der Waals surface area contributed by atoms with Gasteiger partial charge in [-0.3, -0.25) is 4.79 Å². The normalized spacial score (nSPS) is 36.7. The number of cyclic esters (lactones) is 1. The highest BCUT2D eigenvalue weighted by Gasteiger charge is 2.95. The van der Waals surface area contributed by atoms with E-state index in [2.05, 4.69) is 12.2 Å². The van der Waals surface area contributed by atoms with Crippen LogP contribution < -0.4 is 5.32 Å². The third-order valence-electron chi connectivity index (χ3n) is 12.9. The molecule has 310 valence electrons. The number of carbonyl (C=O) groups is 3. The Labute approximate surface area is 331 Å². The van der Waals surface area contributed by atoms with E-state index in [4.69, 9.17) is 42.6 Å². The van der Waals surface area contributed by atoms with Crippen LogP contribution in [0.5, 0.6) is 0 Å². The van der Waals surface area contributed by atoms with Gasteiger partial charge in [0.2, 0.25) is 0 Å². The minimum Gasteiger partial charge on any atom is -0.463 e. The Morgan fingerprint density at radius 2 is 1.69 bits per heavy atom. The molecule has 3 saturated heterocycles. The molecule has 10 atom stereocenters. The van der Waals surface area contributed by atoms with E-state index in [-0.39, 0.29) is 55.6 Å². The quantitative estimate of drug-likeness (QED) is 0.0528. The van der Waals surface area contributed by atoms with Gasteiger partial charge >= 0.3 is 18.0 Å². The van der Waals surface area contributed by atoms with Crippen LogP contribution in [0.1, 0.15) is 72.1 Å². The summed E-state index contributed by atoms with van der Waals surface area (Å²) in [6, 6.07) is 0.